The Morgan fingerprint density at radius 1 is 1.00 bits per heavy atom. The van der Waals surface area contributed by atoms with Crippen LogP contribution in [0.3, 0.4) is 0 Å². The number of thiocarbonyl (C=S) groups is 1. The molecule has 3 rings (SSSR count). The Labute approximate surface area is 201 Å². The van der Waals surface area contributed by atoms with Gasteiger partial charge in [-0.15, -0.1) is 0 Å². The normalized spacial score (nSPS) is 12.1. The molecule has 3 N–H and O–H groups in total. The maximum Gasteiger partial charge on any atom is 0.253 e. The van der Waals surface area contributed by atoms with Crippen LogP contribution in [0.2, 0.25) is 0 Å². The predicted octanol–water partition coefficient (Wildman–Crippen LogP) is 5.65. The molecule has 0 fully saturated rings. The minimum atomic E-state index is -1.86. The highest BCUT2D eigenvalue weighted by Crippen LogP contribution is 2.30. The fourth-order valence-corrected chi connectivity index (χ4v) is 3.49. The van der Waals surface area contributed by atoms with Gasteiger partial charge in [-0.25, -0.2) is 0 Å². The van der Waals surface area contributed by atoms with E-state index in [1.165, 1.54) is 0 Å². The second-order valence-electron chi connectivity index (χ2n) is 6.53. The number of ether oxygens (including phenoxy) is 1. The van der Waals surface area contributed by atoms with Crippen molar-refractivity contribution in [1.82, 2.24) is 10.6 Å². The zero-order chi connectivity index (χ0) is 22.4. The first-order valence-electron chi connectivity index (χ1n) is 9.43. The molecule has 5 nitrogen and oxygen atoms in total. The van der Waals surface area contributed by atoms with E-state index in [2.05, 4.69) is 16.0 Å². The van der Waals surface area contributed by atoms with E-state index < -0.39 is 15.9 Å². The van der Waals surface area contributed by atoms with Crippen molar-refractivity contribution < 1.29 is 9.53 Å². The Hall–Kier alpha value is -2.25. The van der Waals surface area contributed by atoms with E-state index >= 15 is 0 Å². The summed E-state index contributed by atoms with van der Waals surface area (Å²) in [6, 6.07) is 20.2. The largest absolute Gasteiger partial charge is 0.494 e. The van der Waals surface area contributed by atoms with Gasteiger partial charge in [0.15, 0.2) is 5.11 Å². The number of hydrogen-bond donors (Lipinski definition) is 3. The van der Waals surface area contributed by atoms with E-state index in [9.17, 15) is 4.79 Å². The minimum Gasteiger partial charge on any atom is -0.494 e. The number of amides is 1. The van der Waals surface area contributed by atoms with E-state index in [4.69, 9.17) is 51.8 Å². The lowest BCUT2D eigenvalue weighted by Gasteiger charge is -2.28. The number of halogens is 3. The van der Waals surface area contributed by atoms with E-state index in [-0.39, 0.29) is 5.11 Å². The number of carbonyl (C=O) groups excluding carboxylic acids is 1. The Balaban J connectivity index is 1.71. The summed E-state index contributed by atoms with van der Waals surface area (Å²) in [7, 11) is 0. The van der Waals surface area contributed by atoms with Crippen molar-refractivity contribution in [1.29, 1.82) is 0 Å². The van der Waals surface area contributed by atoms with E-state index in [0.717, 1.165) is 16.5 Å². The monoisotopic (exact) mass is 495 g/mol. The molecule has 0 heterocycles. The van der Waals surface area contributed by atoms with Gasteiger partial charge in [0.1, 0.15) is 11.9 Å². The highest BCUT2D eigenvalue weighted by molar-refractivity contribution is 7.80. The topological polar surface area (TPSA) is 62.4 Å². The molecule has 3 aromatic rings. The standard InChI is InChI=1S/C22H20Cl3N3O2S/c1-2-30-16-12-10-15(11-13-16)26-21(31)28-20(22(23,24)25)27-19(29)18-9-5-7-14-6-3-4-8-17(14)18/h3-13,20H,2H2,1H3,(H,27,29)(H2,26,28,31). The third-order valence-corrected chi connectivity index (χ3v) is 5.21. The van der Waals surface area contributed by atoms with Crippen LogP contribution in [0.15, 0.2) is 66.7 Å². The molecule has 9 heteroatoms. The molecule has 0 saturated heterocycles. The highest BCUT2D eigenvalue weighted by Gasteiger charge is 2.35. The van der Waals surface area contributed by atoms with Crippen LogP contribution in [0.1, 0.15) is 17.3 Å². The Morgan fingerprint density at radius 3 is 2.35 bits per heavy atom. The number of alkyl halides is 3. The van der Waals surface area contributed by atoms with Gasteiger partial charge < -0.3 is 20.7 Å². The molecule has 0 aliphatic heterocycles. The molecule has 0 aromatic heterocycles. The average Bonchev–Trinajstić information content (AvgIpc) is 2.73. The van der Waals surface area contributed by atoms with Crippen LogP contribution in [0.25, 0.3) is 10.8 Å². The third-order valence-electron chi connectivity index (χ3n) is 4.34. The second kappa shape index (κ2) is 10.4. The van der Waals surface area contributed by atoms with Crippen LogP contribution in [-0.4, -0.2) is 27.6 Å². The van der Waals surface area contributed by atoms with Crippen molar-refractivity contribution in [2.45, 2.75) is 16.9 Å². The summed E-state index contributed by atoms with van der Waals surface area (Å²) >= 11 is 23.6. The smallest absolute Gasteiger partial charge is 0.253 e. The first-order chi connectivity index (χ1) is 14.8. The Morgan fingerprint density at radius 2 is 1.68 bits per heavy atom. The zero-order valence-corrected chi connectivity index (χ0v) is 19.6. The molecule has 0 spiro atoms. The number of fused-ring (bicyclic) bond motifs is 1. The molecule has 1 atom stereocenters. The number of hydrogen-bond acceptors (Lipinski definition) is 3. The summed E-state index contributed by atoms with van der Waals surface area (Å²) in [6.45, 7) is 2.49. The van der Waals surface area contributed by atoms with Crippen LogP contribution in [0.5, 0.6) is 5.75 Å². The van der Waals surface area contributed by atoms with E-state index in [1.807, 2.05) is 49.4 Å². The fraction of sp³-hybridized carbons (Fsp3) is 0.182. The van der Waals surface area contributed by atoms with Gasteiger partial charge in [0.25, 0.3) is 5.91 Å². The maximum absolute atomic E-state index is 12.9. The number of anilines is 1. The first kappa shape index (κ1) is 23.4. The summed E-state index contributed by atoms with van der Waals surface area (Å²) in [5.74, 6) is 0.345. The second-order valence-corrected chi connectivity index (χ2v) is 9.31. The Kier molecular flexibility index (Phi) is 7.84. The number of carbonyl (C=O) groups is 1. The van der Waals surface area contributed by atoms with Gasteiger partial charge in [0.2, 0.25) is 3.79 Å². The van der Waals surface area contributed by atoms with Gasteiger partial charge in [0.05, 0.1) is 6.61 Å². The highest BCUT2D eigenvalue weighted by atomic mass is 35.6. The predicted molar refractivity (Wildman–Crippen MR) is 132 cm³/mol. The molecule has 0 aliphatic carbocycles. The molecule has 0 saturated carbocycles. The van der Waals surface area contributed by atoms with Crippen LogP contribution in [-0.2, 0) is 0 Å². The summed E-state index contributed by atoms with van der Waals surface area (Å²) in [4.78, 5) is 12.9. The van der Waals surface area contributed by atoms with Crippen molar-refractivity contribution in [3.05, 3.63) is 72.3 Å². The first-order valence-corrected chi connectivity index (χ1v) is 11.0. The molecule has 3 aromatic carbocycles. The molecule has 1 unspecified atom stereocenters. The summed E-state index contributed by atoms with van der Waals surface area (Å²) in [6.07, 6.45) is -1.08. The van der Waals surface area contributed by atoms with Gasteiger partial charge in [-0.1, -0.05) is 71.2 Å². The molecule has 0 radical (unpaired) electrons. The lowest BCUT2D eigenvalue weighted by Crippen LogP contribution is -2.56. The summed E-state index contributed by atoms with van der Waals surface area (Å²) in [5, 5.41) is 10.5. The van der Waals surface area contributed by atoms with Gasteiger partial charge >= 0.3 is 0 Å². The van der Waals surface area contributed by atoms with Gasteiger partial charge in [0, 0.05) is 11.3 Å². The van der Waals surface area contributed by atoms with Crippen LogP contribution in [0.4, 0.5) is 5.69 Å². The van der Waals surface area contributed by atoms with E-state index in [1.54, 1.807) is 24.3 Å². The van der Waals surface area contributed by atoms with Crippen LogP contribution >= 0.6 is 47.0 Å². The van der Waals surface area contributed by atoms with Crippen LogP contribution < -0.4 is 20.7 Å². The molecule has 0 bridgehead atoms. The Bertz CT molecular complexity index is 1070. The number of benzene rings is 3. The van der Waals surface area contributed by atoms with Crippen molar-refractivity contribution in [2.24, 2.45) is 0 Å². The number of nitrogens with one attached hydrogen (secondary N) is 3. The van der Waals surface area contributed by atoms with Gasteiger partial charge in [-0.2, -0.15) is 0 Å². The van der Waals surface area contributed by atoms with Gasteiger partial charge in [-0.3, -0.25) is 4.79 Å². The zero-order valence-electron chi connectivity index (χ0n) is 16.5. The number of rotatable bonds is 6. The summed E-state index contributed by atoms with van der Waals surface area (Å²) < 4.78 is 3.56. The third kappa shape index (κ3) is 6.37. The molecular weight excluding hydrogens is 477 g/mol. The molecule has 31 heavy (non-hydrogen) atoms. The van der Waals surface area contributed by atoms with Gasteiger partial charge in [-0.05, 0) is 60.2 Å². The average molecular weight is 497 g/mol. The summed E-state index contributed by atoms with van der Waals surface area (Å²) in [5.41, 5.74) is 1.17. The SMILES string of the molecule is CCOc1ccc(NC(=S)NC(NC(=O)c2cccc3ccccc23)C(Cl)(Cl)Cl)cc1. The van der Waals surface area contributed by atoms with Crippen molar-refractivity contribution in [3.63, 3.8) is 0 Å². The minimum absolute atomic E-state index is 0.179. The lowest BCUT2D eigenvalue weighted by molar-refractivity contribution is 0.0936. The molecule has 1 amide bonds. The van der Waals surface area contributed by atoms with E-state index in [0.29, 0.717) is 17.9 Å². The molecular formula is C22H20Cl3N3O2S. The van der Waals surface area contributed by atoms with Crippen molar-refractivity contribution >= 4 is 74.5 Å². The molecule has 162 valence electrons. The van der Waals surface area contributed by atoms with Crippen molar-refractivity contribution in [3.8, 4) is 5.75 Å². The lowest BCUT2D eigenvalue weighted by atomic mass is 10.0. The molecule has 0 aliphatic rings. The van der Waals surface area contributed by atoms with Crippen LogP contribution in [0, 0.1) is 0 Å². The maximum atomic E-state index is 12.9. The fourth-order valence-electron chi connectivity index (χ4n) is 2.93. The van der Waals surface area contributed by atoms with Crippen molar-refractivity contribution in [2.75, 3.05) is 11.9 Å². The quantitative estimate of drug-likeness (QED) is 0.234.